The van der Waals surface area contributed by atoms with Crippen LogP contribution >= 0.6 is 0 Å². The van der Waals surface area contributed by atoms with Gasteiger partial charge in [-0.25, -0.2) is 4.79 Å². The number of methoxy groups -OCH3 is 1. The third kappa shape index (κ3) is 3.34. The lowest BCUT2D eigenvalue weighted by molar-refractivity contribution is 0.0599. The van der Waals surface area contributed by atoms with E-state index in [-0.39, 0.29) is 6.67 Å². The van der Waals surface area contributed by atoms with Gasteiger partial charge in [-0.05, 0) is 26.0 Å². The number of hydrogen-bond donors (Lipinski definition) is 1. The van der Waals surface area contributed by atoms with Crippen molar-refractivity contribution in [1.82, 2.24) is 5.32 Å². The molecular weight excluding hydrogens is 213 g/mol. The molecule has 0 aromatic carbocycles. The summed E-state index contributed by atoms with van der Waals surface area (Å²) in [4.78, 5) is 11.3. The fourth-order valence-electron chi connectivity index (χ4n) is 1.35. The Bertz CT molecular complexity index is 349. The summed E-state index contributed by atoms with van der Waals surface area (Å²) < 4.78 is 21.8. The van der Waals surface area contributed by atoms with E-state index >= 15 is 0 Å². The first-order valence-corrected chi connectivity index (χ1v) is 5.13. The summed E-state index contributed by atoms with van der Waals surface area (Å²) in [7, 11) is 1.33. The number of halogens is 1. The monoisotopic (exact) mass is 229 g/mol. The molecule has 0 fully saturated rings. The van der Waals surface area contributed by atoms with Crippen molar-refractivity contribution in [1.29, 1.82) is 0 Å². The highest BCUT2D eigenvalue weighted by molar-refractivity contribution is 5.90. The number of carbonyl (C=O) groups excluding carboxylic acids is 1. The molecule has 1 rings (SSSR count). The van der Waals surface area contributed by atoms with E-state index in [1.807, 2.05) is 0 Å². The largest absolute Gasteiger partial charge is 0.465 e. The summed E-state index contributed by atoms with van der Waals surface area (Å²) in [6.07, 6.45) is 0.476. The van der Waals surface area contributed by atoms with Crippen LogP contribution in [0, 0.1) is 6.92 Å². The minimum Gasteiger partial charge on any atom is -0.465 e. The molecule has 1 aromatic rings. The summed E-state index contributed by atoms with van der Waals surface area (Å²) in [5.74, 6) is 0.780. The average molecular weight is 229 g/mol. The normalized spacial score (nSPS) is 10.4. The number of aryl methyl sites for hydroxylation is 1. The zero-order valence-electron chi connectivity index (χ0n) is 9.51. The van der Waals surface area contributed by atoms with E-state index in [2.05, 4.69) is 10.1 Å². The topological polar surface area (TPSA) is 51.5 Å². The Morgan fingerprint density at radius 2 is 2.38 bits per heavy atom. The zero-order valence-corrected chi connectivity index (χ0v) is 9.51. The summed E-state index contributed by atoms with van der Waals surface area (Å²) in [6.45, 7) is 2.44. The lowest BCUT2D eigenvalue weighted by Crippen LogP contribution is -2.14. The van der Waals surface area contributed by atoms with Crippen LogP contribution < -0.4 is 5.32 Å². The van der Waals surface area contributed by atoms with Crippen molar-refractivity contribution in [3.63, 3.8) is 0 Å². The van der Waals surface area contributed by atoms with E-state index in [1.54, 1.807) is 13.0 Å². The standard InChI is InChI=1S/C11H16FNO3/c1-8-10(11(14)15-2)6-9(16-8)7-13-5-3-4-12/h6,13H,3-5,7H2,1-2H3. The number of nitrogens with one attached hydrogen (secondary N) is 1. The number of ether oxygens (including phenoxy) is 1. The lowest BCUT2D eigenvalue weighted by Gasteiger charge is -1.98. The molecule has 0 aliphatic carbocycles. The fraction of sp³-hybridized carbons (Fsp3) is 0.545. The van der Waals surface area contributed by atoms with Crippen molar-refractivity contribution in [2.45, 2.75) is 19.9 Å². The van der Waals surface area contributed by atoms with Crippen LogP contribution in [-0.2, 0) is 11.3 Å². The average Bonchev–Trinajstić information content (AvgIpc) is 2.65. The van der Waals surface area contributed by atoms with Gasteiger partial charge in [-0.2, -0.15) is 0 Å². The maximum absolute atomic E-state index is 11.8. The number of esters is 1. The third-order valence-corrected chi connectivity index (χ3v) is 2.16. The van der Waals surface area contributed by atoms with Crippen LogP contribution in [-0.4, -0.2) is 26.3 Å². The molecule has 0 bridgehead atoms. The van der Waals surface area contributed by atoms with Gasteiger partial charge in [0.1, 0.15) is 17.1 Å². The molecule has 0 atom stereocenters. The number of carbonyl (C=O) groups is 1. The smallest absolute Gasteiger partial charge is 0.341 e. The highest BCUT2D eigenvalue weighted by Gasteiger charge is 2.14. The highest BCUT2D eigenvalue weighted by atomic mass is 19.1. The molecule has 0 saturated heterocycles. The Morgan fingerprint density at radius 1 is 1.62 bits per heavy atom. The van der Waals surface area contributed by atoms with Crippen molar-refractivity contribution >= 4 is 5.97 Å². The van der Waals surface area contributed by atoms with Gasteiger partial charge in [0.05, 0.1) is 20.3 Å². The number of alkyl halides is 1. The third-order valence-electron chi connectivity index (χ3n) is 2.16. The molecule has 90 valence electrons. The van der Waals surface area contributed by atoms with Gasteiger partial charge in [-0.1, -0.05) is 0 Å². The van der Waals surface area contributed by atoms with Crippen LogP contribution in [0.25, 0.3) is 0 Å². The Hall–Kier alpha value is -1.36. The fourth-order valence-corrected chi connectivity index (χ4v) is 1.35. The van der Waals surface area contributed by atoms with E-state index in [0.717, 1.165) is 0 Å². The van der Waals surface area contributed by atoms with Crippen molar-refractivity contribution in [2.75, 3.05) is 20.3 Å². The first-order valence-electron chi connectivity index (χ1n) is 5.13. The molecule has 0 saturated carbocycles. The number of rotatable bonds is 6. The van der Waals surface area contributed by atoms with Crippen molar-refractivity contribution in [3.8, 4) is 0 Å². The Kier molecular flexibility index (Phi) is 4.98. The number of hydrogen-bond acceptors (Lipinski definition) is 4. The second-order valence-corrected chi connectivity index (χ2v) is 3.39. The second-order valence-electron chi connectivity index (χ2n) is 3.39. The molecule has 5 heteroatoms. The van der Waals surface area contributed by atoms with Gasteiger partial charge in [0.2, 0.25) is 0 Å². The minimum atomic E-state index is -0.406. The van der Waals surface area contributed by atoms with Crippen LogP contribution in [0.2, 0.25) is 0 Å². The summed E-state index contributed by atoms with van der Waals surface area (Å²) >= 11 is 0. The zero-order chi connectivity index (χ0) is 12.0. The molecule has 1 N–H and O–H groups in total. The predicted octanol–water partition coefficient (Wildman–Crippen LogP) is 1.82. The molecule has 4 nitrogen and oxygen atoms in total. The lowest BCUT2D eigenvalue weighted by atomic mass is 10.2. The van der Waals surface area contributed by atoms with Crippen molar-refractivity contribution < 1.29 is 18.3 Å². The molecule has 0 amide bonds. The van der Waals surface area contributed by atoms with Gasteiger partial charge < -0.3 is 14.5 Å². The SMILES string of the molecule is COC(=O)c1cc(CNCCCF)oc1C. The molecule has 0 aliphatic heterocycles. The first-order chi connectivity index (χ1) is 7.69. The Labute approximate surface area is 93.8 Å². The van der Waals surface area contributed by atoms with E-state index in [0.29, 0.717) is 36.6 Å². The van der Waals surface area contributed by atoms with Gasteiger partial charge in [0.25, 0.3) is 0 Å². The van der Waals surface area contributed by atoms with Crippen molar-refractivity contribution in [2.24, 2.45) is 0 Å². The Balaban J connectivity index is 2.52. The summed E-state index contributed by atoms with van der Waals surface area (Å²) in [5.41, 5.74) is 0.435. The molecule has 1 heterocycles. The first kappa shape index (κ1) is 12.7. The second kappa shape index (κ2) is 6.27. The maximum Gasteiger partial charge on any atom is 0.341 e. The van der Waals surface area contributed by atoms with E-state index in [4.69, 9.17) is 4.42 Å². The summed E-state index contributed by atoms with van der Waals surface area (Å²) in [5, 5.41) is 3.01. The molecule has 16 heavy (non-hydrogen) atoms. The van der Waals surface area contributed by atoms with Gasteiger partial charge in [-0.15, -0.1) is 0 Å². The molecule has 1 aromatic heterocycles. The van der Waals surface area contributed by atoms with E-state index in [1.165, 1.54) is 7.11 Å². The molecule has 0 spiro atoms. The van der Waals surface area contributed by atoms with E-state index < -0.39 is 5.97 Å². The molecular formula is C11H16FNO3. The summed E-state index contributed by atoms with van der Waals surface area (Å²) in [6, 6.07) is 1.64. The van der Waals surface area contributed by atoms with Gasteiger partial charge in [0.15, 0.2) is 0 Å². The van der Waals surface area contributed by atoms with Crippen LogP contribution in [0.5, 0.6) is 0 Å². The van der Waals surface area contributed by atoms with Crippen LogP contribution in [0.15, 0.2) is 10.5 Å². The van der Waals surface area contributed by atoms with Gasteiger partial charge in [-0.3, -0.25) is 4.39 Å². The van der Waals surface area contributed by atoms with Gasteiger partial charge in [0, 0.05) is 0 Å². The van der Waals surface area contributed by atoms with E-state index in [9.17, 15) is 9.18 Å². The molecule has 0 aliphatic rings. The molecule has 0 radical (unpaired) electrons. The Morgan fingerprint density at radius 3 is 3.00 bits per heavy atom. The predicted molar refractivity (Wildman–Crippen MR) is 57.1 cm³/mol. The minimum absolute atomic E-state index is 0.336. The maximum atomic E-state index is 11.8. The van der Waals surface area contributed by atoms with Gasteiger partial charge >= 0.3 is 5.97 Å². The number of furan rings is 1. The molecule has 0 unspecified atom stereocenters. The van der Waals surface area contributed by atoms with Crippen LogP contribution in [0.3, 0.4) is 0 Å². The van der Waals surface area contributed by atoms with Crippen LogP contribution in [0.1, 0.15) is 28.3 Å². The van der Waals surface area contributed by atoms with Crippen molar-refractivity contribution in [3.05, 3.63) is 23.2 Å². The van der Waals surface area contributed by atoms with Crippen LogP contribution in [0.4, 0.5) is 4.39 Å². The highest BCUT2D eigenvalue weighted by Crippen LogP contribution is 2.15. The quantitative estimate of drug-likeness (QED) is 0.597.